The van der Waals surface area contributed by atoms with Gasteiger partial charge >= 0.3 is 0 Å². The van der Waals surface area contributed by atoms with Crippen molar-refractivity contribution in [1.29, 1.82) is 0 Å². The molecule has 2 aliphatic rings. The maximum atomic E-state index is 13.3. The van der Waals surface area contributed by atoms with Crippen molar-refractivity contribution in [1.82, 2.24) is 15.5 Å². The number of hydrogen-bond acceptors (Lipinski definition) is 3. The summed E-state index contributed by atoms with van der Waals surface area (Å²) in [5.74, 6) is 0.0698. The molecule has 2 N–H and O–H groups in total. The number of piperidine rings is 1. The van der Waals surface area contributed by atoms with E-state index in [9.17, 15) is 14.0 Å². The summed E-state index contributed by atoms with van der Waals surface area (Å²) in [5.41, 5.74) is 0.702. The molecule has 2 heterocycles. The van der Waals surface area contributed by atoms with Crippen molar-refractivity contribution in [3.8, 4) is 0 Å². The topological polar surface area (TPSA) is 61.4 Å². The van der Waals surface area contributed by atoms with Gasteiger partial charge in [-0.3, -0.25) is 9.59 Å². The highest BCUT2D eigenvalue weighted by Gasteiger charge is 2.26. The van der Waals surface area contributed by atoms with E-state index >= 15 is 0 Å². The van der Waals surface area contributed by atoms with Crippen LogP contribution in [0.1, 0.15) is 31.2 Å². The Hall–Kier alpha value is -1.95. The number of benzene rings is 1. The molecule has 2 atom stereocenters. The molecule has 0 bridgehead atoms. The monoisotopic (exact) mass is 347 g/mol. The zero-order valence-electron chi connectivity index (χ0n) is 14.5. The number of hydrogen-bond donors (Lipinski definition) is 2. The molecule has 5 nitrogen and oxygen atoms in total. The normalized spacial score (nSPS) is 23.5. The number of carbonyl (C=O) groups excluding carboxylic acids is 2. The Bertz CT molecular complexity index is 616. The molecule has 25 heavy (non-hydrogen) atoms. The van der Waals surface area contributed by atoms with Gasteiger partial charge in [0.25, 0.3) is 0 Å². The summed E-state index contributed by atoms with van der Waals surface area (Å²) in [6.07, 6.45) is 4.13. The second-order valence-corrected chi connectivity index (χ2v) is 7.05. The van der Waals surface area contributed by atoms with Crippen molar-refractivity contribution in [2.75, 3.05) is 26.2 Å². The highest BCUT2D eigenvalue weighted by atomic mass is 19.1. The van der Waals surface area contributed by atoms with E-state index in [4.69, 9.17) is 0 Å². The van der Waals surface area contributed by atoms with Gasteiger partial charge in [-0.05, 0) is 55.8 Å². The summed E-state index contributed by atoms with van der Waals surface area (Å²) in [6, 6.07) is 6.14. The van der Waals surface area contributed by atoms with Crippen LogP contribution in [0.5, 0.6) is 0 Å². The van der Waals surface area contributed by atoms with Crippen LogP contribution < -0.4 is 10.6 Å². The summed E-state index contributed by atoms with van der Waals surface area (Å²) in [5, 5.41) is 6.22. The van der Waals surface area contributed by atoms with Crippen molar-refractivity contribution >= 4 is 11.8 Å². The molecule has 136 valence electrons. The molecule has 0 aliphatic carbocycles. The number of halogens is 1. The Morgan fingerprint density at radius 3 is 2.92 bits per heavy atom. The predicted molar refractivity (Wildman–Crippen MR) is 93.4 cm³/mol. The van der Waals surface area contributed by atoms with E-state index in [0.717, 1.165) is 38.8 Å². The maximum Gasteiger partial charge on any atom is 0.237 e. The van der Waals surface area contributed by atoms with Crippen molar-refractivity contribution in [2.45, 2.75) is 38.1 Å². The third-order valence-electron chi connectivity index (χ3n) is 5.06. The molecule has 0 unspecified atom stereocenters. The van der Waals surface area contributed by atoms with Gasteiger partial charge in [-0.15, -0.1) is 0 Å². The standard InChI is InChI=1S/C19H26FN3O2/c20-16-6-1-4-14(10-16)11-18(24)23-9-3-5-15(13-23)12-22-19(25)17-7-2-8-21-17/h1,4,6,10,15,17,21H,2-3,5,7-9,11-13H2,(H,22,25)/t15-,17+/m0/s1. The van der Waals surface area contributed by atoms with Crippen LogP contribution in [0.4, 0.5) is 4.39 Å². The van der Waals surface area contributed by atoms with E-state index < -0.39 is 0 Å². The van der Waals surface area contributed by atoms with Crippen molar-refractivity contribution in [3.63, 3.8) is 0 Å². The lowest BCUT2D eigenvalue weighted by Crippen LogP contribution is -2.47. The van der Waals surface area contributed by atoms with Gasteiger partial charge < -0.3 is 15.5 Å². The van der Waals surface area contributed by atoms with Gasteiger partial charge in [0, 0.05) is 19.6 Å². The number of carbonyl (C=O) groups is 2. The smallest absolute Gasteiger partial charge is 0.237 e. The first-order valence-corrected chi connectivity index (χ1v) is 9.15. The van der Waals surface area contributed by atoms with Crippen LogP contribution in [-0.4, -0.2) is 48.9 Å². The molecular weight excluding hydrogens is 321 g/mol. The van der Waals surface area contributed by atoms with Crippen LogP contribution in [0.25, 0.3) is 0 Å². The Kier molecular flexibility index (Phi) is 6.02. The first-order valence-electron chi connectivity index (χ1n) is 9.15. The van der Waals surface area contributed by atoms with Gasteiger partial charge in [0.15, 0.2) is 0 Å². The van der Waals surface area contributed by atoms with Gasteiger partial charge in [-0.1, -0.05) is 12.1 Å². The quantitative estimate of drug-likeness (QED) is 0.848. The van der Waals surface area contributed by atoms with Crippen molar-refractivity contribution in [2.24, 2.45) is 5.92 Å². The minimum Gasteiger partial charge on any atom is -0.354 e. The third kappa shape index (κ3) is 5.01. The van der Waals surface area contributed by atoms with Crippen LogP contribution in [0.3, 0.4) is 0 Å². The maximum absolute atomic E-state index is 13.3. The Morgan fingerprint density at radius 2 is 2.16 bits per heavy atom. The number of nitrogens with zero attached hydrogens (tertiary/aromatic N) is 1. The lowest BCUT2D eigenvalue weighted by molar-refractivity contribution is -0.132. The van der Waals surface area contributed by atoms with E-state index in [-0.39, 0.29) is 36.0 Å². The van der Waals surface area contributed by atoms with Crippen molar-refractivity contribution in [3.05, 3.63) is 35.6 Å². The van der Waals surface area contributed by atoms with Crippen LogP contribution in [0.2, 0.25) is 0 Å². The molecular formula is C19H26FN3O2. The molecule has 1 aromatic rings. The molecule has 6 heteroatoms. The molecule has 0 spiro atoms. The Balaban J connectivity index is 1.47. The molecule has 0 aromatic heterocycles. The molecule has 0 saturated carbocycles. The fourth-order valence-corrected chi connectivity index (χ4v) is 3.67. The molecule has 2 aliphatic heterocycles. The van der Waals surface area contributed by atoms with E-state index in [1.165, 1.54) is 12.1 Å². The van der Waals surface area contributed by atoms with Crippen LogP contribution in [0, 0.1) is 11.7 Å². The lowest BCUT2D eigenvalue weighted by atomic mass is 9.97. The molecule has 2 saturated heterocycles. The molecule has 2 amide bonds. The second kappa shape index (κ2) is 8.43. The number of rotatable bonds is 5. The van der Waals surface area contributed by atoms with Crippen LogP contribution in [0.15, 0.2) is 24.3 Å². The van der Waals surface area contributed by atoms with Gasteiger partial charge in [-0.25, -0.2) is 4.39 Å². The Labute approximate surface area is 148 Å². The zero-order chi connectivity index (χ0) is 17.6. The predicted octanol–water partition coefficient (Wildman–Crippen LogP) is 1.47. The highest BCUT2D eigenvalue weighted by Crippen LogP contribution is 2.17. The summed E-state index contributed by atoms with van der Waals surface area (Å²) in [6.45, 7) is 2.92. The van der Waals surface area contributed by atoms with Crippen molar-refractivity contribution < 1.29 is 14.0 Å². The lowest BCUT2D eigenvalue weighted by Gasteiger charge is -2.33. The Morgan fingerprint density at radius 1 is 1.28 bits per heavy atom. The molecule has 0 radical (unpaired) electrons. The average molecular weight is 347 g/mol. The average Bonchev–Trinajstić information content (AvgIpc) is 3.15. The molecule has 3 rings (SSSR count). The van der Waals surface area contributed by atoms with Gasteiger partial charge in [0.1, 0.15) is 5.82 Å². The highest BCUT2D eigenvalue weighted by molar-refractivity contribution is 5.82. The van der Waals surface area contributed by atoms with Gasteiger partial charge in [0.2, 0.25) is 11.8 Å². The SMILES string of the molecule is O=C(NC[C@@H]1CCCN(C(=O)Cc2cccc(F)c2)C1)[C@H]1CCCN1. The number of likely N-dealkylation sites (tertiary alicyclic amines) is 1. The number of nitrogens with one attached hydrogen (secondary N) is 2. The number of amides is 2. The summed E-state index contributed by atoms with van der Waals surface area (Å²) < 4.78 is 13.3. The first-order chi connectivity index (χ1) is 12.1. The van der Waals surface area contributed by atoms with Crippen LogP contribution in [-0.2, 0) is 16.0 Å². The largest absolute Gasteiger partial charge is 0.354 e. The fourth-order valence-electron chi connectivity index (χ4n) is 3.67. The minimum atomic E-state index is -0.315. The van der Waals surface area contributed by atoms with Crippen LogP contribution >= 0.6 is 0 Å². The van der Waals surface area contributed by atoms with E-state index in [2.05, 4.69) is 10.6 Å². The third-order valence-corrected chi connectivity index (χ3v) is 5.06. The second-order valence-electron chi connectivity index (χ2n) is 7.05. The van der Waals surface area contributed by atoms with Gasteiger partial charge in [-0.2, -0.15) is 0 Å². The van der Waals surface area contributed by atoms with E-state index in [0.29, 0.717) is 18.7 Å². The van der Waals surface area contributed by atoms with E-state index in [1.807, 2.05) is 4.90 Å². The fraction of sp³-hybridized carbons (Fsp3) is 0.579. The zero-order valence-corrected chi connectivity index (χ0v) is 14.5. The summed E-state index contributed by atoms with van der Waals surface area (Å²) in [7, 11) is 0. The molecule has 1 aromatic carbocycles. The van der Waals surface area contributed by atoms with E-state index in [1.54, 1.807) is 12.1 Å². The first kappa shape index (κ1) is 17.9. The molecule has 2 fully saturated rings. The summed E-state index contributed by atoms with van der Waals surface area (Å²) in [4.78, 5) is 26.4. The van der Waals surface area contributed by atoms with Gasteiger partial charge in [0.05, 0.1) is 12.5 Å². The minimum absolute atomic E-state index is 0.0269. The summed E-state index contributed by atoms with van der Waals surface area (Å²) >= 11 is 0.